The van der Waals surface area contributed by atoms with Crippen LogP contribution in [-0.2, 0) is 11.8 Å². The van der Waals surface area contributed by atoms with Crippen molar-refractivity contribution in [2.75, 3.05) is 0 Å². The van der Waals surface area contributed by atoms with Gasteiger partial charge in [0, 0.05) is 6.42 Å². The number of aryl methyl sites for hydroxylation is 1. The van der Waals surface area contributed by atoms with E-state index in [-0.39, 0.29) is 5.91 Å². The van der Waals surface area contributed by atoms with Crippen LogP contribution in [0.3, 0.4) is 0 Å². The first kappa shape index (κ1) is 9.30. The van der Waals surface area contributed by atoms with Crippen LogP contribution in [0.5, 0.6) is 0 Å². The van der Waals surface area contributed by atoms with Crippen molar-refractivity contribution in [2.24, 2.45) is 12.1 Å². The molecule has 7 heteroatoms. The quantitative estimate of drug-likeness (QED) is 0.483. The first-order valence-electron chi connectivity index (χ1n) is 3.78. The molecule has 0 fully saturated rings. The number of hydrogen-bond donors (Lipinski definition) is 1. The van der Waals surface area contributed by atoms with Crippen LogP contribution in [0.15, 0.2) is 5.10 Å². The second kappa shape index (κ2) is 4.29. The molecule has 0 saturated heterocycles. The fourth-order valence-electron chi connectivity index (χ4n) is 0.592. The number of tetrazole rings is 1. The van der Waals surface area contributed by atoms with Crippen LogP contribution >= 0.6 is 0 Å². The average molecular weight is 182 g/mol. The molecule has 1 amide bonds. The van der Waals surface area contributed by atoms with Gasteiger partial charge in [0.1, 0.15) is 0 Å². The summed E-state index contributed by atoms with van der Waals surface area (Å²) in [5, 5.41) is 14.7. The van der Waals surface area contributed by atoms with Gasteiger partial charge in [-0.05, 0) is 5.21 Å². The summed E-state index contributed by atoms with van der Waals surface area (Å²) < 4.78 is 0. The van der Waals surface area contributed by atoms with E-state index in [4.69, 9.17) is 0 Å². The summed E-state index contributed by atoms with van der Waals surface area (Å²) in [6.07, 6.45) is 1.73. The zero-order chi connectivity index (χ0) is 9.68. The number of amides is 1. The van der Waals surface area contributed by atoms with Gasteiger partial charge < -0.3 is 0 Å². The van der Waals surface area contributed by atoms with Gasteiger partial charge in [-0.3, -0.25) is 4.79 Å². The van der Waals surface area contributed by atoms with Gasteiger partial charge in [0.25, 0.3) is 0 Å². The number of hydrazone groups is 1. The van der Waals surface area contributed by atoms with Gasteiger partial charge in [0.15, 0.2) is 0 Å². The third-order valence-corrected chi connectivity index (χ3v) is 1.21. The SMILES string of the molecule is CCC(=O)N/N=C/c1nnn(C)n1. The molecule has 1 rings (SSSR count). The molecule has 0 saturated carbocycles. The van der Waals surface area contributed by atoms with E-state index in [1.807, 2.05) is 0 Å². The molecule has 1 N–H and O–H groups in total. The number of nitrogens with one attached hydrogen (secondary N) is 1. The molecular weight excluding hydrogens is 172 g/mol. The topological polar surface area (TPSA) is 85.1 Å². The minimum atomic E-state index is -0.153. The van der Waals surface area contributed by atoms with Crippen LogP contribution in [-0.4, -0.2) is 32.3 Å². The lowest BCUT2D eigenvalue weighted by atomic mass is 10.5. The Hall–Kier alpha value is -1.79. The van der Waals surface area contributed by atoms with E-state index in [0.29, 0.717) is 12.2 Å². The molecule has 1 aromatic heterocycles. The first-order chi connectivity index (χ1) is 6.22. The third kappa shape index (κ3) is 2.97. The number of rotatable bonds is 3. The molecule has 0 unspecified atom stereocenters. The summed E-state index contributed by atoms with van der Waals surface area (Å²) in [5.74, 6) is 0.207. The minimum absolute atomic E-state index is 0.153. The molecule has 0 radical (unpaired) electrons. The summed E-state index contributed by atoms with van der Waals surface area (Å²) >= 11 is 0. The molecule has 0 bridgehead atoms. The number of carbonyl (C=O) groups excluding carboxylic acids is 1. The van der Waals surface area contributed by atoms with Crippen molar-refractivity contribution < 1.29 is 4.79 Å². The van der Waals surface area contributed by atoms with Crippen LogP contribution in [0.2, 0.25) is 0 Å². The van der Waals surface area contributed by atoms with Gasteiger partial charge in [-0.15, -0.1) is 10.2 Å². The molecular formula is C6H10N6O. The first-order valence-corrected chi connectivity index (χ1v) is 3.78. The van der Waals surface area contributed by atoms with Crippen molar-refractivity contribution in [2.45, 2.75) is 13.3 Å². The molecule has 1 heterocycles. The maximum Gasteiger partial charge on any atom is 0.239 e. The number of hydrogen-bond acceptors (Lipinski definition) is 5. The van der Waals surface area contributed by atoms with Crippen LogP contribution in [0.1, 0.15) is 19.2 Å². The third-order valence-electron chi connectivity index (χ3n) is 1.21. The number of aromatic nitrogens is 4. The Morgan fingerprint density at radius 2 is 2.54 bits per heavy atom. The Morgan fingerprint density at radius 3 is 3.08 bits per heavy atom. The lowest BCUT2D eigenvalue weighted by Gasteiger charge is -1.91. The van der Waals surface area contributed by atoms with Crippen molar-refractivity contribution >= 4 is 12.1 Å². The Kier molecular flexibility index (Phi) is 3.07. The van der Waals surface area contributed by atoms with Crippen molar-refractivity contribution in [3.05, 3.63) is 5.82 Å². The van der Waals surface area contributed by atoms with Crippen molar-refractivity contribution in [1.82, 2.24) is 25.6 Å². The highest BCUT2D eigenvalue weighted by molar-refractivity contribution is 5.79. The van der Waals surface area contributed by atoms with E-state index >= 15 is 0 Å². The molecule has 0 atom stereocenters. The van der Waals surface area contributed by atoms with E-state index in [1.54, 1.807) is 14.0 Å². The summed E-state index contributed by atoms with van der Waals surface area (Å²) in [6, 6.07) is 0. The average Bonchev–Trinajstić information content (AvgIpc) is 2.51. The predicted molar refractivity (Wildman–Crippen MR) is 44.8 cm³/mol. The molecule has 13 heavy (non-hydrogen) atoms. The van der Waals surface area contributed by atoms with Crippen LogP contribution in [0.4, 0.5) is 0 Å². The largest absolute Gasteiger partial charge is 0.273 e. The maximum atomic E-state index is 10.7. The molecule has 0 aliphatic rings. The maximum absolute atomic E-state index is 10.7. The summed E-state index contributed by atoms with van der Waals surface area (Å²) in [7, 11) is 1.65. The molecule has 1 aromatic rings. The molecule has 0 aromatic carbocycles. The minimum Gasteiger partial charge on any atom is -0.273 e. The van der Waals surface area contributed by atoms with E-state index < -0.39 is 0 Å². The van der Waals surface area contributed by atoms with Gasteiger partial charge in [-0.25, -0.2) is 5.43 Å². The van der Waals surface area contributed by atoms with Gasteiger partial charge in [-0.1, -0.05) is 6.92 Å². The van der Waals surface area contributed by atoms with E-state index in [1.165, 1.54) is 11.0 Å². The van der Waals surface area contributed by atoms with Gasteiger partial charge in [0.05, 0.1) is 13.3 Å². The molecule has 70 valence electrons. The summed E-state index contributed by atoms with van der Waals surface area (Å²) in [4.78, 5) is 12.0. The normalized spacial score (nSPS) is 10.6. The molecule has 7 nitrogen and oxygen atoms in total. The van der Waals surface area contributed by atoms with E-state index in [0.717, 1.165) is 0 Å². The van der Waals surface area contributed by atoms with Gasteiger partial charge in [-0.2, -0.15) is 9.90 Å². The highest BCUT2D eigenvalue weighted by atomic mass is 16.2. The van der Waals surface area contributed by atoms with E-state index in [9.17, 15) is 4.79 Å². The van der Waals surface area contributed by atoms with Crippen molar-refractivity contribution in [3.8, 4) is 0 Å². The lowest BCUT2D eigenvalue weighted by molar-refractivity contribution is -0.120. The van der Waals surface area contributed by atoms with Crippen LogP contribution < -0.4 is 5.43 Å². The molecule has 0 aliphatic heterocycles. The smallest absolute Gasteiger partial charge is 0.239 e. The van der Waals surface area contributed by atoms with E-state index in [2.05, 4.69) is 25.9 Å². The highest BCUT2D eigenvalue weighted by Crippen LogP contribution is 1.78. The summed E-state index contributed by atoms with van der Waals surface area (Å²) in [5.41, 5.74) is 2.30. The predicted octanol–water partition coefficient (Wildman–Crippen LogP) is -0.930. The Morgan fingerprint density at radius 1 is 1.77 bits per heavy atom. The fraction of sp³-hybridized carbons (Fsp3) is 0.500. The second-order valence-electron chi connectivity index (χ2n) is 2.28. The zero-order valence-corrected chi connectivity index (χ0v) is 7.43. The number of carbonyl (C=O) groups is 1. The molecule has 0 spiro atoms. The van der Waals surface area contributed by atoms with Crippen LogP contribution in [0.25, 0.3) is 0 Å². The van der Waals surface area contributed by atoms with Gasteiger partial charge in [0.2, 0.25) is 11.7 Å². The Balaban J connectivity index is 2.45. The Labute approximate surface area is 74.8 Å². The Bertz CT molecular complexity index is 317. The monoisotopic (exact) mass is 182 g/mol. The standard InChI is InChI=1S/C6H10N6O/c1-3-6(13)9-7-4-5-8-11-12(2)10-5/h4H,3H2,1-2H3,(H,9,13)/b7-4+. The van der Waals surface area contributed by atoms with Crippen LogP contribution in [0, 0.1) is 0 Å². The lowest BCUT2D eigenvalue weighted by Crippen LogP contribution is -2.15. The van der Waals surface area contributed by atoms with Crippen molar-refractivity contribution in [3.63, 3.8) is 0 Å². The van der Waals surface area contributed by atoms with Gasteiger partial charge >= 0.3 is 0 Å². The number of nitrogens with zero attached hydrogens (tertiary/aromatic N) is 5. The highest BCUT2D eigenvalue weighted by Gasteiger charge is 1.95. The fourth-order valence-corrected chi connectivity index (χ4v) is 0.592. The second-order valence-corrected chi connectivity index (χ2v) is 2.28. The zero-order valence-electron chi connectivity index (χ0n) is 7.43. The summed E-state index contributed by atoms with van der Waals surface area (Å²) in [6.45, 7) is 1.74. The van der Waals surface area contributed by atoms with Crippen molar-refractivity contribution in [1.29, 1.82) is 0 Å². The molecule has 0 aliphatic carbocycles.